The number of nitrogens with one attached hydrogen (secondary N) is 1. The van der Waals surface area contributed by atoms with Crippen molar-refractivity contribution in [2.24, 2.45) is 0 Å². The average molecular weight is 246 g/mol. The molecule has 0 aromatic rings. The van der Waals surface area contributed by atoms with Gasteiger partial charge in [0.2, 0.25) is 0 Å². The van der Waals surface area contributed by atoms with Gasteiger partial charge in [-0.15, -0.1) is 0 Å². The maximum atomic E-state index is 10.3. The zero-order valence-electron chi connectivity index (χ0n) is 10.1. The highest BCUT2D eigenvalue weighted by molar-refractivity contribution is 5.67. The lowest BCUT2D eigenvalue weighted by molar-refractivity contribution is -0.139. The Morgan fingerprint density at radius 3 is 2.76 bits per heavy atom. The van der Waals surface area contributed by atoms with E-state index in [1.54, 1.807) is 0 Å². The molecule has 100 valence electrons. The standard InChI is InChI=1S/C11H22N2O4/c14-10(8-11(15)16)9-12-2-1-3-13-4-6-17-7-5-13/h10,12,14H,1-9H2,(H,15,16). The largest absolute Gasteiger partial charge is 0.481 e. The van der Waals surface area contributed by atoms with E-state index in [1.165, 1.54) is 0 Å². The first kappa shape index (κ1) is 14.4. The minimum Gasteiger partial charge on any atom is -0.481 e. The maximum Gasteiger partial charge on any atom is 0.306 e. The lowest BCUT2D eigenvalue weighted by Gasteiger charge is -2.26. The highest BCUT2D eigenvalue weighted by Gasteiger charge is 2.10. The van der Waals surface area contributed by atoms with Gasteiger partial charge in [0.1, 0.15) is 0 Å². The molecule has 0 aliphatic carbocycles. The predicted octanol–water partition coefficient (Wildman–Crippen LogP) is -0.866. The van der Waals surface area contributed by atoms with Crippen LogP contribution in [0.5, 0.6) is 0 Å². The van der Waals surface area contributed by atoms with Crippen LogP contribution in [0.4, 0.5) is 0 Å². The zero-order valence-corrected chi connectivity index (χ0v) is 10.1. The van der Waals surface area contributed by atoms with Crippen LogP contribution in [0, 0.1) is 0 Å². The van der Waals surface area contributed by atoms with Gasteiger partial charge in [0.15, 0.2) is 0 Å². The molecule has 3 N–H and O–H groups in total. The summed E-state index contributed by atoms with van der Waals surface area (Å²) in [5.41, 5.74) is 0. The van der Waals surface area contributed by atoms with Crippen LogP contribution < -0.4 is 5.32 Å². The van der Waals surface area contributed by atoms with Gasteiger partial charge < -0.3 is 20.3 Å². The van der Waals surface area contributed by atoms with E-state index in [-0.39, 0.29) is 6.42 Å². The first-order chi connectivity index (χ1) is 8.18. The van der Waals surface area contributed by atoms with Crippen molar-refractivity contribution >= 4 is 5.97 Å². The van der Waals surface area contributed by atoms with Crippen molar-refractivity contribution in [2.45, 2.75) is 18.9 Å². The van der Waals surface area contributed by atoms with Gasteiger partial charge in [-0.2, -0.15) is 0 Å². The number of carboxylic acids is 1. The summed E-state index contributed by atoms with van der Waals surface area (Å²) in [6.45, 7) is 5.76. The van der Waals surface area contributed by atoms with Crippen molar-refractivity contribution < 1.29 is 19.7 Å². The molecule has 6 heteroatoms. The van der Waals surface area contributed by atoms with Crippen molar-refractivity contribution in [3.8, 4) is 0 Å². The minimum absolute atomic E-state index is 0.198. The Bertz CT molecular complexity index is 220. The molecule has 1 saturated heterocycles. The van der Waals surface area contributed by atoms with Crippen LogP contribution in [0.1, 0.15) is 12.8 Å². The van der Waals surface area contributed by atoms with E-state index in [0.29, 0.717) is 6.54 Å². The predicted molar refractivity (Wildman–Crippen MR) is 63.0 cm³/mol. The van der Waals surface area contributed by atoms with Crippen molar-refractivity contribution in [3.63, 3.8) is 0 Å². The second kappa shape index (κ2) is 8.41. The molecule has 1 aliphatic rings. The van der Waals surface area contributed by atoms with Crippen molar-refractivity contribution in [1.82, 2.24) is 10.2 Å². The smallest absolute Gasteiger partial charge is 0.306 e. The number of carbonyl (C=O) groups is 1. The Kier molecular flexibility index (Phi) is 7.11. The quantitative estimate of drug-likeness (QED) is 0.483. The molecule has 1 aliphatic heterocycles. The lowest BCUT2D eigenvalue weighted by atomic mass is 10.2. The van der Waals surface area contributed by atoms with Gasteiger partial charge in [-0.3, -0.25) is 9.69 Å². The van der Waals surface area contributed by atoms with E-state index in [9.17, 15) is 9.90 Å². The van der Waals surface area contributed by atoms with E-state index >= 15 is 0 Å². The van der Waals surface area contributed by atoms with Crippen LogP contribution >= 0.6 is 0 Å². The number of aliphatic hydroxyl groups is 1. The number of hydrogen-bond donors (Lipinski definition) is 3. The summed E-state index contributed by atoms with van der Waals surface area (Å²) in [6.07, 6.45) is 0.00637. The summed E-state index contributed by atoms with van der Waals surface area (Å²) in [6, 6.07) is 0. The Labute approximate surface area is 102 Å². The fourth-order valence-electron chi connectivity index (χ4n) is 1.79. The molecule has 1 rings (SSSR count). The molecular formula is C11H22N2O4. The van der Waals surface area contributed by atoms with Crippen LogP contribution in [-0.4, -0.2) is 73.1 Å². The number of morpholine rings is 1. The molecule has 0 aromatic carbocycles. The Hall–Kier alpha value is -0.690. The molecule has 17 heavy (non-hydrogen) atoms. The van der Waals surface area contributed by atoms with E-state index < -0.39 is 12.1 Å². The molecule has 1 unspecified atom stereocenters. The van der Waals surface area contributed by atoms with Gasteiger partial charge in [0.25, 0.3) is 0 Å². The van der Waals surface area contributed by atoms with Gasteiger partial charge in [-0.1, -0.05) is 0 Å². The van der Waals surface area contributed by atoms with Crippen LogP contribution in [0.25, 0.3) is 0 Å². The van der Waals surface area contributed by atoms with E-state index in [4.69, 9.17) is 9.84 Å². The third-order valence-electron chi connectivity index (χ3n) is 2.72. The third-order valence-corrected chi connectivity index (χ3v) is 2.72. The first-order valence-electron chi connectivity index (χ1n) is 6.09. The highest BCUT2D eigenvalue weighted by Crippen LogP contribution is 1.97. The Morgan fingerprint density at radius 2 is 2.12 bits per heavy atom. The molecule has 1 fully saturated rings. The summed E-state index contributed by atoms with van der Waals surface area (Å²) in [4.78, 5) is 12.6. The second-order valence-corrected chi connectivity index (χ2v) is 4.26. The topological polar surface area (TPSA) is 82.0 Å². The number of aliphatic carboxylic acids is 1. The number of aliphatic hydroxyl groups excluding tert-OH is 1. The highest BCUT2D eigenvalue weighted by atomic mass is 16.5. The maximum absolute atomic E-state index is 10.3. The summed E-state index contributed by atoms with van der Waals surface area (Å²) >= 11 is 0. The normalized spacial score (nSPS) is 19.1. The van der Waals surface area contributed by atoms with Crippen LogP contribution in [0.15, 0.2) is 0 Å². The average Bonchev–Trinajstić information content (AvgIpc) is 2.29. The Morgan fingerprint density at radius 1 is 1.41 bits per heavy atom. The monoisotopic (exact) mass is 246 g/mol. The van der Waals surface area contributed by atoms with Crippen molar-refractivity contribution in [1.29, 1.82) is 0 Å². The van der Waals surface area contributed by atoms with Crippen LogP contribution in [-0.2, 0) is 9.53 Å². The van der Waals surface area contributed by atoms with Crippen LogP contribution in [0.3, 0.4) is 0 Å². The van der Waals surface area contributed by atoms with Crippen LogP contribution in [0.2, 0.25) is 0 Å². The van der Waals surface area contributed by atoms with Gasteiger partial charge >= 0.3 is 5.97 Å². The third kappa shape index (κ3) is 7.27. The number of nitrogens with zero attached hydrogens (tertiary/aromatic N) is 1. The molecule has 0 radical (unpaired) electrons. The summed E-state index contributed by atoms with van der Waals surface area (Å²) in [7, 11) is 0. The van der Waals surface area contributed by atoms with E-state index in [0.717, 1.165) is 45.8 Å². The zero-order chi connectivity index (χ0) is 12.5. The van der Waals surface area contributed by atoms with Gasteiger partial charge in [0.05, 0.1) is 25.7 Å². The fourth-order valence-corrected chi connectivity index (χ4v) is 1.79. The lowest BCUT2D eigenvalue weighted by Crippen LogP contribution is -2.38. The first-order valence-corrected chi connectivity index (χ1v) is 6.09. The van der Waals surface area contributed by atoms with Gasteiger partial charge in [-0.25, -0.2) is 0 Å². The van der Waals surface area contributed by atoms with E-state index in [2.05, 4.69) is 10.2 Å². The fraction of sp³-hybridized carbons (Fsp3) is 0.909. The van der Waals surface area contributed by atoms with Gasteiger partial charge in [0, 0.05) is 19.6 Å². The second-order valence-electron chi connectivity index (χ2n) is 4.26. The Balaban J connectivity index is 1.91. The summed E-state index contributed by atoms with van der Waals surface area (Å²) in [5.74, 6) is -0.965. The molecule has 6 nitrogen and oxygen atoms in total. The van der Waals surface area contributed by atoms with Crippen molar-refractivity contribution in [3.05, 3.63) is 0 Å². The number of rotatable bonds is 8. The summed E-state index contributed by atoms with van der Waals surface area (Å²) in [5, 5.41) is 20.8. The molecule has 0 saturated carbocycles. The molecule has 0 aromatic heterocycles. The minimum atomic E-state index is -0.965. The van der Waals surface area contributed by atoms with Gasteiger partial charge in [-0.05, 0) is 19.5 Å². The number of ether oxygens (including phenoxy) is 1. The molecule has 0 spiro atoms. The summed E-state index contributed by atoms with van der Waals surface area (Å²) < 4.78 is 5.25. The van der Waals surface area contributed by atoms with E-state index in [1.807, 2.05) is 0 Å². The molecule has 1 heterocycles. The SMILES string of the molecule is O=C(O)CC(O)CNCCCN1CCOCC1. The number of hydrogen-bond acceptors (Lipinski definition) is 5. The molecule has 1 atom stereocenters. The molecular weight excluding hydrogens is 224 g/mol. The van der Waals surface area contributed by atoms with Crippen molar-refractivity contribution in [2.75, 3.05) is 45.9 Å². The molecule has 0 amide bonds. The molecule has 0 bridgehead atoms. The number of carboxylic acid groups (broad SMARTS) is 1.